The SMILES string of the molecule is N#Cc1cccc(NS(=O)(=O)c2cc(Cl)ccc2F)c1. The van der Waals surface area contributed by atoms with E-state index in [9.17, 15) is 12.8 Å². The average Bonchev–Trinajstić information content (AvgIpc) is 2.41. The van der Waals surface area contributed by atoms with E-state index < -0.39 is 20.7 Å². The topological polar surface area (TPSA) is 70.0 Å². The van der Waals surface area contributed by atoms with Crippen LogP contribution in [0, 0.1) is 17.1 Å². The molecule has 0 aliphatic carbocycles. The molecule has 0 aliphatic heterocycles. The molecule has 0 amide bonds. The molecule has 0 saturated heterocycles. The zero-order valence-electron chi connectivity index (χ0n) is 9.97. The van der Waals surface area contributed by atoms with Gasteiger partial charge in [0.25, 0.3) is 10.0 Å². The van der Waals surface area contributed by atoms with Crippen LogP contribution in [-0.4, -0.2) is 8.42 Å². The van der Waals surface area contributed by atoms with Gasteiger partial charge in [0.05, 0.1) is 17.3 Å². The molecule has 20 heavy (non-hydrogen) atoms. The zero-order valence-corrected chi connectivity index (χ0v) is 11.5. The average molecular weight is 311 g/mol. The predicted molar refractivity (Wildman–Crippen MR) is 73.4 cm³/mol. The number of nitriles is 1. The Kier molecular flexibility index (Phi) is 3.93. The van der Waals surface area contributed by atoms with Crippen LogP contribution >= 0.6 is 11.6 Å². The van der Waals surface area contributed by atoms with Crippen molar-refractivity contribution in [3.63, 3.8) is 0 Å². The fourth-order valence-electron chi connectivity index (χ4n) is 1.55. The molecule has 0 saturated carbocycles. The van der Waals surface area contributed by atoms with Gasteiger partial charge in [-0.1, -0.05) is 17.7 Å². The van der Waals surface area contributed by atoms with Crippen molar-refractivity contribution >= 4 is 27.3 Å². The van der Waals surface area contributed by atoms with Gasteiger partial charge in [0.2, 0.25) is 0 Å². The van der Waals surface area contributed by atoms with Crippen LogP contribution in [0.1, 0.15) is 5.56 Å². The molecule has 0 atom stereocenters. The Morgan fingerprint density at radius 3 is 2.65 bits per heavy atom. The van der Waals surface area contributed by atoms with E-state index in [0.717, 1.165) is 12.1 Å². The highest BCUT2D eigenvalue weighted by molar-refractivity contribution is 7.92. The zero-order chi connectivity index (χ0) is 14.8. The number of benzene rings is 2. The minimum Gasteiger partial charge on any atom is -0.279 e. The van der Waals surface area contributed by atoms with E-state index in [2.05, 4.69) is 4.72 Å². The number of anilines is 1. The Labute approximate surface area is 120 Å². The summed E-state index contributed by atoms with van der Waals surface area (Å²) in [4.78, 5) is -0.549. The van der Waals surface area contributed by atoms with Crippen molar-refractivity contribution in [2.45, 2.75) is 4.90 Å². The highest BCUT2D eigenvalue weighted by Gasteiger charge is 2.19. The lowest BCUT2D eigenvalue weighted by Gasteiger charge is -2.09. The number of nitrogens with one attached hydrogen (secondary N) is 1. The molecular formula is C13H8ClFN2O2S. The predicted octanol–water partition coefficient (Wildman–Crippen LogP) is 3.15. The molecule has 1 N–H and O–H groups in total. The van der Waals surface area contributed by atoms with Gasteiger partial charge in [0.15, 0.2) is 0 Å². The molecule has 0 heterocycles. The van der Waals surface area contributed by atoms with E-state index in [1.165, 1.54) is 30.3 Å². The van der Waals surface area contributed by atoms with E-state index in [1.807, 2.05) is 6.07 Å². The molecule has 0 unspecified atom stereocenters. The van der Waals surface area contributed by atoms with Crippen molar-refractivity contribution < 1.29 is 12.8 Å². The highest BCUT2D eigenvalue weighted by Crippen LogP contribution is 2.22. The Balaban J connectivity index is 2.41. The summed E-state index contributed by atoms with van der Waals surface area (Å²) in [5.41, 5.74) is 0.459. The van der Waals surface area contributed by atoms with Gasteiger partial charge in [-0.15, -0.1) is 0 Å². The van der Waals surface area contributed by atoms with Crippen LogP contribution in [0.25, 0.3) is 0 Å². The molecule has 0 spiro atoms. The number of nitrogens with zero attached hydrogens (tertiary/aromatic N) is 1. The first kappa shape index (κ1) is 14.3. The highest BCUT2D eigenvalue weighted by atomic mass is 35.5. The number of hydrogen-bond acceptors (Lipinski definition) is 3. The quantitative estimate of drug-likeness (QED) is 0.946. The molecular weight excluding hydrogens is 303 g/mol. The smallest absolute Gasteiger partial charge is 0.264 e. The molecule has 0 aromatic heterocycles. The second-order valence-corrected chi connectivity index (χ2v) is 5.96. The van der Waals surface area contributed by atoms with Gasteiger partial charge in [-0.05, 0) is 36.4 Å². The molecule has 4 nitrogen and oxygen atoms in total. The monoisotopic (exact) mass is 310 g/mol. The van der Waals surface area contributed by atoms with Crippen molar-refractivity contribution in [3.05, 3.63) is 58.9 Å². The summed E-state index contributed by atoms with van der Waals surface area (Å²) in [5, 5.41) is 8.86. The minimum absolute atomic E-state index is 0.109. The largest absolute Gasteiger partial charge is 0.279 e. The first-order valence-electron chi connectivity index (χ1n) is 5.40. The molecule has 0 fully saturated rings. The summed E-state index contributed by atoms with van der Waals surface area (Å²) in [6.45, 7) is 0. The summed E-state index contributed by atoms with van der Waals surface area (Å²) in [6.07, 6.45) is 0. The van der Waals surface area contributed by atoms with E-state index in [4.69, 9.17) is 16.9 Å². The van der Waals surface area contributed by atoms with Crippen LogP contribution in [0.3, 0.4) is 0 Å². The van der Waals surface area contributed by atoms with Crippen LogP contribution in [0.15, 0.2) is 47.4 Å². The summed E-state index contributed by atoms with van der Waals surface area (Å²) < 4.78 is 39.9. The van der Waals surface area contributed by atoms with Gasteiger partial charge in [-0.2, -0.15) is 5.26 Å². The van der Waals surface area contributed by atoms with E-state index in [1.54, 1.807) is 0 Å². The lowest BCUT2D eigenvalue weighted by Crippen LogP contribution is -2.14. The third-order valence-corrected chi connectivity index (χ3v) is 4.06. The number of rotatable bonds is 3. The van der Waals surface area contributed by atoms with Gasteiger partial charge < -0.3 is 0 Å². The Morgan fingerprint density at radius 1 is 1.20 bits per heavy atom. The van der Waals surface area contributed by atoms with Crippen molar-refractivity contribution in [1.82, 2.24) is 0 Å². The summed E-state index contributed by atoms with van der Waals surface area (Å²) in [7, 11) is -4.11. The Morgan fingerprint density at radius 2 is 1.95 bits per heavy atom. The molecule has 102 valence electrons. The summed E-state index contributed by atoms with van der Waals surface area (Å²) >= 11 is 5.67. The van der Waals surface area contributed by atoms with Crippen LogP contribution < -0.4 is 4.72 Å². The molecule has 2 aromatic carbocycles. The van der Waals surface area contributed by atoms with Crippen LogP contribution in [0.5, 0.6) is 0 Å². The molecule has 2 aromatic rings. The fraction of sp³-hybridized carbons (Fsp3) is 0. The van der Waals surface area contributed by atoms with Gasteiger partial charge in [0, 0.05) is 5.02 Å². The maximum Gasteiger partial charge on any atom is 0.264 e. The van der Waals surface area contributed by atoms with Crippen molar-refractivity contribution in [1.29, 1.82) is 5.26 Å². The van der Waals surface area contributed by atoms with Crippen LogP contribution in [0.2, 0.25) is 5.02 Å². The third kappa shape index (κ3) is 3.07. The van der Waals surface area contributed by atoms with E-state index in [0.29, 0.717) is 0 Å². The number of hydrogen-bond donors (Lipinski definition) is 1. The maximum absolute atomic E-state index is 13.6. The van der Waals surface area contributed by atoms with E-state index in [-0.39, 0.29) is 16.3 Å². The molecule has 0 bridgehead atoms. The van der Waals surface area contributed by atoms with Crippen molar-refractivity contribution in [2.75, 3.05) is 4.72 Å². The lowest BCUT2D eigenvalue weighted by atomic mass is 10.2. The second kappa shape index (κ2) is 5.49. The molecule has 0 aliphatic rings. The molecule has 7 heteroatoms. The van der Waals surface area contributed by atoms with Gasteiger partial charge >= 0.3 is 0 Å². The first-order chi connectivity index (χ1) is 9.42. The Hall–Kier alpha value is -2.10. The van der Waals surface area contributed by atoms with Gasteiger partial charge in [-0.3, -0.25) is 4.72 Å². The maximum atomic E-state index is 13.6. The molecule has 0 radical (unpaired) electrons. The van der Waals surface area contributed by atoms with Gasteiger partial charge in [-0.25, -0.2) is 12.8 Å². The fourth-order valence-corrected chi connectivity index (χ4v) is 2.94. The lowest BCUT2D eigenvalue weighted by molar-refractivity contribution is 0.570. The number of halogens is 2. The third-order valence-electron chi connectivity index (χ3n) is 2.43. The summed E-state index contributed by atoms with van der Waals surface area (Å²) in [6, 6.07) is 11.0. The van der Waals surface area contributed by atoms with Crippen LogP contribution in [0.4, 0.5) is 10.1 Å². The standard InChI is InChI=1S/C13H8ClFN2O2S/c14-10-4-5-12(15)13(7-10)20(18,19)17-11-3-1-2-9(6-11)8-16/h1-7,17H. The van der Waals surface area contributed by atoms with E-state index >= 15 is 0 Å². The second-order valence-electron chi connectivity index (χ2n) is 3.87. The number of sulfonamides is 1. The van der Waals surface area contributed by atoms with Crippen molar-refractivity contribution in [3.8, 4) is 6.07 Å². The van der Waals surface area contributed by atoms with Crippen LogP contribution in [-0.2, 0) is 10.0 Å². The van der Waals surface area contributed by atoms with Gasteiger partial charge in [0.1, 0.15) is 10.7 Å². The summed E-state index contributed by atoms with van der Waals surface area (Å²) in [5.74, 6) is -0.904. The first-order valence-corrected chi connectivity index (χ1v) is 7.26. The van der Waals surface area contributed by atoms with Crippen molar-refractivity contribution in [2.24, 2.45) is 0 Å². The normalized spacial score (nSPS) is 10.8. The molecule has 2 rings (SSSR count). The minimum atomic E-state index is -4.11. The Bertz CT molecular complexity index is 800.